The molecule has 0 aliphatic carbocycles. The van der Waals surface area contributed by atoms with Crippen LogP contribution in [0.2, 0.25) is 0 Å². The molecule has 1 unspecified atom stereocenters. The van der Waals surface area contributed by atoms with Gasteiger partial charge in [0.25, 0.3) is 0 Å². The summed E-state index contributed by atoms with van der Waals surface area (Å²) in [6.45, 7) is 0.780. The van der Waals surface area contributed by atoms with E-state index in [1.54, 1.807) is 6.20 Å². The maximum atomic E-state index is 11.3. The zero-order valence-corrected chi connectivity index (χ0v) is 11.8. The molecule has 1 aliphatic heterocycles. The molecule has 1 aromatic heterocycles. The fourth-order valence-corrected chi connectivity index (χ4v) is 3.03. The number of fused-ring (bicyclic) bond motifs is 1. The van der Waals surface area contributed by atoms with Gasteiger partial charge in [0.1, 0.15) is 6.04 Å². The quantitative estimate of drug-likeness (QED) is 0.924. The third-order valence-corrected chi connectivity index (χ3v) is 4.02. The number of carbonyl (C=O) groups is 1. The lowest BCUT2D eigenvalue weighted by atomic mass is 10.1. The maximum absolute atomic E-state index is 11.3. The van der Waals surface area contributed by atoms with Crippen molar-refractivity contribution in [3.8, 4) is 0 Å². The number of anilines is 1. The van der Waals surface area contributed by atoms with Crippen molar-refractivity contribution < 1.29 is 9.90 Å². The van der Waals surface area contributed by atoms with Crippen molar-refractivity contribution in [2.45, 2.75) is 18.9 Å². The molecule has 1 atom stereocenters. The predicted octanol–water partition coefficient (Wildman–Crippen LogP) is 3.05. The molecule has 0 spiro atoms. The summed E-state index contributed by atoms with van der Waals surface area (Å²) in [6.07, 6.45) is 3.35. The van der Waals surface area contributed by atoms with E-state index in [4.69, 9.17) is 0 Å². The summed E-state index contributed by atoms with van der Waals surface area (Å²) in [5, 5.41) is 10.3. The van der Waals surface area contributed by atoms with Gasteiger partial charge in [0, 0.05) is 28.3 Å². The zero-order chi connectivity index (χ0) is 13.4. The van der Waals surface area contributed by atoms with E-state index in [9.17, 15) is 9.90 Å². The first kappa shape index (κ1) is 12.4. The van der Waals surface area contributed by atoms with Crippen LogP contribution >= 0.6 is 15.9 Å². The predicted molar refractivity (Wildman–Crippen MR) is 77.4 cm³/mol. The first-order valence-corrected chi connectivity index (χ1v) is 7.00. The first-order valence-electron chi connectivity index (χ1n) is 6.20. The number of hydrogen-bond donors (Lipinski definition) is 1. The third kappa shape index (κ3) is 2.18. The van der Waals surface area contributed by atoms with E-state index in [0.29, 0.717) is 6.42 Å². The van der Waals surface area contributed by atoms with Crippen LogP contribution < -0.4 is 4.90 Å². The molecule has 5 heteroatoms. The van der Waals surface area contributed by atoms with Gasteiger partial charge in [-0.1, -0.05) is 15.9 Å². The van der Waals surface area contributed by atoms with Gasteiger partial charge in [-0.2, -0.15) is 0 Å². The Morgan fingerprint density at radius 2 is 2.26 bits per heavy atom. The summed E-state index contributed by atoms with van der Waals surface area (Å²) < 4.78 is 0.973. The lowest BCUT2D eigenvalue weighted by Crippen LogP contribution is -2.36. The molecule has 4 nitrogen and oxygen atoms in total. The smallest absolute Gasteiger partial charge is 0.326 e. The number of aliphatic carboxylic acids is 1. The van der Waals surface area contributed by atoms with Crippen molar-refractivity contribution >= 4 is 38.5 Å². The molecule has 1 saturated heterocycles. The van der Waals surface area contributed by atoms with E-state index < -0.39 is 12.0 Å². The molecular weight excluding hydrogens is 308 g/mol. The van der Waals surface area contributed by atoms with Crippen molar-refractivity contribution in [2.75, 3.05) is 11.4 Å². The van der Waals surface area contributed by atoms with Crippen molar-refractivity contribution in [3.63, 3.8) is 0 Å². The van der Waals surface area contributed by atoms with Crippen molar-refractivity contribution in [2.24, 2.45) is 0 Å². The number of benzene rings is 1. The zero-order valence-electron chi connectivity index (χ0n) is 10.2. The number of carboxylic acid groups (broad SMARTS) is 1. The van der Waals surface area contributed by atoms with Gasteiger partial charge in [0.05, 0.1) is 5.52 Å². The third-order valence-electron chi connectivity index (χ3n) is 3.53. The van der Waals surface area contributed by atoms with Crippen LogP contribution in [-0.2, 0) is 4.79 Å². The van der Waals surface area contributed by atoms with Gasteiger partial charge >= 0.3 is 5.97 Å². The number of nitrogens with zero attached hydrogens (tertiary/aromatic N) is 2. The van der Waals surface area contributed by atoms with Crippen LogP contribution in [0.25, 0.3) is 10.9 Å². The number of aromatic nitrogens is 1. The highest BCUT2D eigenvalue weighted by Gasteiger charge is 2.31. The molecular formula is C14H13BrN2O2. The van der Waals surface area contributed by atoms with Gasteiger partial charge < -0.3 is 10.0 Å². The lowest BCUT2D eigenvalue weighted by Gasteiger charge is -2.25. The van der Waals surface area contributed by atoms with Crippen LogP contribution in [0.4, 0.5) is 5.69 Å². The molecule has 3 rings (SSSR count). The number of carboxylic acids is 1. The Balaban J connectivity index is 2.14. The number of rotatable bonds is 2. The Labute approximate surface area is 119 Å². The van der Waals surface area contributed by atoms with E-state index in [1.165, 1.54) is 0 Å². The molecule has 2 heterocycles. The largest absolute Gasteiger partial charge is 0.480 e. The summed E-state index contributed by atoms with van der Waals surface area (Å²) in [7, 11) is 0. The minimum absolute atomic E-state index is 0.426. The van der Waals surface area contributed by atoms with E-state index in [-0.39, 0.29) is 0 Å². The second kappa shape index (κ2) is 4.81. The number of pyridine rings is 1. The minimum Gasteiger partial charge on any atom is -0.480 e. The first-order chi connectivity index (χ1) is 9.16. The molecule has 0 saturated carbocycles. The Morgan fingerprint density at radius 3 is 3.05 bits per heavy atom. The Kier molecular flexibility index (Phi) is 3.14. The maximum Gasteiger partial charge on any atom is 0.326 e. The van der Waals surface area contributed by atoms with Crippen LogP contribution in [-0.4, -0.2) is 28.6 Å². The minimum atomic E-state index is -0.752. The van der Waals surface area contributed by atoms with Crippen molar-refractivity contribution in [1.29, 1.82) is 0 Å². The van der Waals surface area contributed by atoms with Crippen LogP contribution in [0.15, 0.2) is 34.9 Å². The van der Waals surface area contributed by atoms with Crippen molar-refractivity contribution in [3.05, 3.63) is 34.9 Å². The highest BCUT2D eigenvalue weighted by atomic mass is 79.9. The summed E-state index contributed by atoms with van der Waals surface area (Å²) >= 11 is 3.46. The normalized spacial score (nSPS) is 19.0. The highest BCUT2D eigenvalue weighted by Crippen LogP contribution is 2.32. The van der Waals surface area contributed by atoms with Crippen molar-refractivity contribution in [1.82, 2.24) is 4.98 Å². The van der Waals surface area contributed by atoms with Crippen LogP contribution in [0.1, 0.15) is 12.8 Å². The molecule has 1 aromatic carbocycles. The molecule has 19 heavy (non-hydrogen) atoms. The van der Waals surface area contributed by atoms with E-state index >= 15 is 0 Å². The average Bonchev–Trinajstić information content (AvgIpc) is 2.87. The summed E-state index contributed by atoms with van der Waals surface area (Å²) in [5.41, 5.74) is 1.84. The van der Waals surface area contributed by atoms with Crippen LogP contribution in [0.5, 0.6) is 0 Å². The Morgan fingerprint density at radius 1 is 1.42 bits per heavy atom. The van der Waals surface area contributed by atoms with Gasteiger partial charge in [-0.25, -0.2) is 4.79 Å². The molecule has 1 N–H and O–H groups in total. The average molecular weight is 321 g/mol. The molecule has 0 radical (unpaired) electrons. The SMILES string of the molecule is O=C(O)C1CCCN1c1ccnc2ccc(Br)cc12. The molecule has 98 valence electrons. The molecule has 0 bridgehead atoms. The Hall–Kier alpha value is -1.62. The van der Waals surface area contributed by atoms with Gasteiger partial charge in [0.2, 0.25) is 0 Å². The van der Waals surface area contributed by atoms with Gasteiger partial charge in [-0.15, -0.1) is 0 Å². The fourth-order valence-electron chi connectivity index (χ4n) is 2.67. The van der Waals surface area contributed by atoms with Gasteiger partial charge in [-0.3, -0.25) is 4.98 Å². The standard InChI is InChI=1S/C14H13BrN2O2/c15-9-3-4-11-10(8-9)12(5-6-16-11)17-7-1-2-13(17)14(18)19/h3-6,8,13H,1-2,7H2,(H,18,19). The second-order valence-corrected chi connectivity index (χ2v) is 5.60. The van der Waals surface area contributed by atoms with Crippen LogP contribution in [0, 0.1) is 0 Å². The monoisotopic (exact) mass is 320 g/mol. The number of halogens is 1. The lowest BCUT2D eigenvalue weighted by molar-refractivity contribution is -0.138. The topological polar surface area (TPSA) is 53.4 Å². The summed E-state index contributed by atoms with van der Waals surface area (Å²) in [4.78, 5) is 17.6. The van der Waals surface area contributed by atoms with Gasteiger partial charge in [0.15, 0.2) is 0 Å². The van der Waals surface area contributed by atoms with E-state index in [0.717, 1.165) is 34.0 Å². The fraction of sp³-hybridized carbons (Fsp3) is 0.286. The summed E-state index contributed by atoms with van der Waals surface area (Å²) in [5.74, 6) is -0.752. The molecule has 1 aliphatic rings. The molecule has 1 fully saturated rings. The summed E-state index contributed by atoms with van der Waals surface area (Å²) in [6, 6.07) is 7.35. The number of hydrogen-bond acceptors (Lipinski definition) is 3. The van der Waals surface area contributed by atoms with E-state index in [1.807, 2.05) is 29.2 Å². The van der Waals surface area contributed by atoms with Gasteiger partial charge in [-0.05, 0) is 37.1 Å². The second-order valence-electron chi connectivity index (χ2n) is 4.68. The van der Waals surface area contributed by atoms with E-state index in [2.05, 4.69) is 20.9 Å². The Bertz CT molecular complexity index is 644. The highest BCUT2D eigenvalue weighted by molar-refractivity contribution is 9.10. The molecule has 0 amide bonds. The van der Waals surface area contributed by atoms with Crippen LogP contribution in [0.3, 0.4) is 0 Å². The molecule has 2 aromatic rings.